The first-order valence-electron chi connectivity index (χ1n) is 10.8. The van der Waals surface area contributed by atoms with Gasteiger partial charge in [-0.15, -0.1) is 0 Å². The second kappa shape index (κ2) is 8.04. The molecule has 3 atom stereocenters. The number of rotatable bonds is 3. The van der Waals surface area contributed by atoms with Crippen molar-refractivity contribution in [2.75, 3.05) is 10.2 Å². The Balaban J connectivity index is 1.62. The number of nitrogens with one attached hydrogen (secondary N) is 2. The molecule has 33 heavy (non-hydrogen) atoms. The Labute approximate surface area is 203 Å². The molecular weight excluding hydrogens is 454 g/mol. The van der Waals surface area contributed by atoms with E-state index in [9.17, 15) is 4.79 Å². The average Bonchev–Trinajstić information content (AvgIpc) is 2.75. The van der Waals surface area contributed by atoms with Crippen molar-refractivity contribution < 1.29 is 9.53 Å². The van der Waals surface area contributed by atoms with E-state index in [2.05, 4.69) is 16.7 Å². The molecular formula is C26H24ClN3O2S. The molecule has 1 fully saturated rings. The lowest BCUT2D eigenvalue weighted by Crippen LogP contribution is -2.72. The van der Waals surface area contributed by atoms with E-state index in [0.717, 1.165) is 33.8 Å². The van der Waals surface area contributed by atoms with E-state index in [1.807, 2.05) is 80.3 Å². The summed E-state index contributed by atoms with van der Waals surface area (Å²) in [5, 5.41) is 7.60. The molecule has 1 amide bonds. The summed E-state index contributed by atoms with van der Waals surface area (Å²) in [6, 6.07) is 20.8. The number of benzene rings is 3. The lowest BCUT2D eigenvalue weighted by molar-refractivity contribution is -0.130. The summed E-state index contributed by atoms with van der Waals surface area (Å²) in [4.78, 5) is 15.7. The molecule has 3 aromatic carbocycles. The minimum absolute atomic E-state index is 0.147. The largest absolute Gasteiger partial charge is 0.467 e. The number of halogens is 1. The molecule has 0 spiro atoms. The van der Waals surface area contributed by atoms with E-state index in [-0.39, 0.29) is 11.9 Å². The molecule has 7 heteroatoms. The Morgan fingerprint density at radius 2 is 1.91 bits per heavy atom. The SMILES string of the molecule is Cc1ccc(NC(=O)C2C3NC(=S)N(c4cccc(Cl)c4)C2(C)Oc2ccccc23)c(C)c1. The van der Waals surface area contributed by atoms with E-state index in [1.54, 1.807) is 6.07 Å². The molecule has 2 heterocycles. The van der Waals surface area contributed by atoms with Crippen molar-refractivity contribution >= 4 is 46.2 Å². The normalized spacial score (nSPS) is 23.3. The number of carbonyl (C=O) groups excluding carboxylic acids is 1. The van der Waals surface area contributed by atoms with Crippen LogP contribution >= 0.6 is 23.8 Å². The number of hydrogen-bond donors (Lipinski definition) is 2. The van der Waals surface area contributed by atoms with Gasteiger partial charge in [-0.25, -0.2) is 0 Å². The minimum Gasteiger partial charge on any atom is -0.467 e. The van der Waals surface area contributed by atoms with E-state index in [1.165, 1.54) is 0 Å². The summed E-state index contributed by atoms with van der Waals surface area (Å²) in [6.45, 7) is 5.93. The van der Waals surface area contributed by atoms with Crippen molar-refractivity contribution in [2.45, 2.75) is 32.5 Å². The third-order valence-corrected chi connectivity index (χ3v) is 6.93. The molecule has 0 aliphatic carbocycles. The van der Waals surface area contributed by atoms with Gasteiger partial charge in [0.1, 0.15) is 11.7 Å². The highest BCUT2D eigenvalue weighted by Crippen LogP contribution is 2.49. The van der Waals surface area contributed by atoms with E-state index < -0.39 is 11.6 Å². The number of amides is 1. The van der Waals surface area contributed by atoms with Crippen LogP contribution in [0.15, 0.2) is 66.7 Å². The summed E-state index contributed by atoms with van der Waals surface area (Å²) in [5.74, 6) is -0.0210. The van der Waals surface area contributed by atoms with Gasteiger partial charge in [-0.3, -0.25) is 9.69 Å². The van der Waals surface area contributed by atoms with Crippen molar-refractivity contribution in [3.05, 3.63) is 88.4 Å². The number of hydrogen-bond acceptors (Lipinski definition) is 3. The van der Waals surface area contributed by atoms with Crippen LogP contribution in [0.1, 0.15) is 29.7 Å². The van der Waals surface area contributed by atoms with Gasteiger partial charge >= 0.3 is 0 Å². The van der Waals surface area contributed by atoms with Crippen LogP contribution in [0.3, 0.4) is 0 Å². The van der Waals surface area contributed by atoms with Gasteiger partial charge < -0.3 is 15.4 Å². The Morgan fingerprint density at radius 1 is 1.12 bits per heavy atom. The topological polar surface area (TPSA) is 53.6 Å². The van der Waals surface area contributed by atoms with Crippen molar-refractivity contribution in [3.8, 4) is 5.75 Å². The number of ether oxygens (including phenoxy) is 1. The van der Waals surface area contributed by atoms with Gasteiger partial charge in [0.15, 0.2) is 10.8 Å². The highest BCUT2D eigenvalue weighted by atomic mass is 35.5. The first-order chi connectivity index (χ1) is 15.8. The van der Waals surface area contributed by atoms with Gasteiger partial charge in [0.2, 0.25) is 5.91 Å². The van der Waals surface area contributed by atoms with Crippen molar-refractivity contribution in [1.29, 1.82) is 0 Å². The number of aryl methyl sites for hydroxylation is 2. The van der Waals surface area contributed by atoms with Crippen LogP contribution in [0.5, 0.6) is 5.75 Å². The molecule has 2 bridgehead atoms. The van der Waals surface area contributed by atoms with Crippen molar-refractivity contribution in [3.63, 3.8) is 0 Å². The molecule has 5 rings (SSSR count). The zero-order valence-corrected chi connectivity index (χ0v) is 20.1. The van der Waals surface area contributed by atoms with E-state index in [0.29, 0.717) is 10.1 Å². The van der Waals surface area contributed by atoms with Gasteiger partial charge in [-0.2, -0.15) is 0 Å². The fraction of sp³-hybridized carbons (Fsp3) is 0.231. The molecule has 3 aromatic rings. The quantitative estimate of drug-likeness (QED) is 0.470. The maximum Gasteiger partial charge on any atom is 0.236 e. The number of fused-ring (bicyclic) bond motifs is 4. The van der Waals surface area contributed by atoms with E-state index in [4.69, 9.17) is 28.6 Å². The monoisotopic (exact) mass is 477 g/mol. The van der Waals surface area contributed by atoms with Gasteiger partial charge in [0.05, 0.1) is 6.04 Å². The molecule has 0 aromatic heterocycles. The zero-order valence-electron chi connectivity index (χ0n) is 18.6. The number of thiocarbonyl (C=S) groups is 1. The van der Waals surface area contributed by atoms with Gasteiger partial charge in [0.25, 0.3) is 0 Å². The molecule has 1 saturated heterocycles. The lowest BCUT2D eigenvalue weighted by atomic mass is 9.78. The Hall–Kier alpha value is -3.09. The van der Waals surface area contributed by atoms with Gasteiger partial charge in [0, 0.05) is 22.0 Å². The zero-order chi connectivity index (χ0) is 23.3. The maximum atomic E-state index is 13.9. The van der Waals surface area contributed by atoms with Crippen LogP contribution in [0.2, 0.25) is 5.02 Å². The number of nitrogens with zero attached hydrogens (tertiary/aromatic N) is 1. The van der Waals surface area contributed by atoms with Crippen LogP contribution in [0, 0.1) is 19.8 Å². The smallest absolute Gasteiger partial charge is 0.236 e. The second-order valence-electron chi connectivity index (χ2n) is 8.72. The molecule has 2 aliphatic heterocycles. The summed E-state index contributed by atoms with van der Waals surface area (Å²) >= 11 is 12.1. The van der Waals surface area contributed by atoms with Crippen molar-refractivity contribution in [2.24, 2.45) is 5.92 Å². The maximum absolute atomic E-state index is 13.9. The highest BCUT2D eigenvalue weighted by Gasteiger charge is 2.59. The predicted octanol–water partition coefficient (Wildman–Crippen LogP) is 5.76. The Bertz CT molecular complexity index is 1280. The van der Waals surface area contributed by atoms with Crippen LogP contribution in [-0.4, -0.2) is 16.7 Å². The molecule has 3 unspecified atom stereocenters. The Kier molecular flexibility index (Phi) is 5.30. The van der Waals surface area contributed by atoms with Gasteiger partial charge in [-0.1, -0.05) is 53.6 Å². The highest BCUT2D eigenvalue weighted by molar-refractivity contribution is 7.80. The third-order valence-electron chi connectivity index (χ3n) is 6.40. The lowest BCUT2D eigenvalue weighted by Gasteiger charge is -2.56. The average molecular weight is 478 g/mol. The van der Waals surface area contributed by atoms with Crippen LogP contribution in [-0.2, 0) is 4.79 Å². The minimum atomic E-state index is -1.07. The number of para-hydroxylation sites is 1. The summed E-state index contributed by atoms with van der Waals surface area (Å²) in [7, 11) is 0. The van der Waals surface area contributed by atoms with E-state index >= 15 is 0 Å². The number of carbonyl (C=O) groups is 1. The van der Waals surface area contributed by atoms with Crippen LogP contribution in [0.25, 0.3) is 0 Å². The molecule has 0 saturated carbocycles. The second-order valence-corrected chi connectivity index (χ2v) is 9.55. The van der Waals surface area contributed by atoms with Crippen molar-refractivity contribution in [1.82, 2.24) is 5.32 Å². The first-order valence-corrected chi connectivity index (χ1v) is 11.6. The molecule has 2 aliphatic rings. The predicted molar refractivity (Wildman–Crippen MR) is 136 cm³/mol. The fourth-order valence-corrected chi connectivity index (χ4v) is 5.50. The third kappa shape index (κ3) is 3.63. The standard InChI is InChI=1S/C26H24ClN3O2S/c1-15-11-12-20(16(2)13-15)28-24(31)22-23-19-9-4-5-10-21(19)32-26(22,3)30(25(33)29-23)18-8-6-7-17(27)14-18/h4-14,22-23H,1-3H3,(H,28,31)(H,29,33). The summed E-state index contributed by atoms with van der Waals surface area (Å²) in [6.07, 6.45) is 0. The molecule has 0 radical (unpaired) electrons. The van der Waals surface area contributed by atoms with Crippen LogP contribution < -0.4 is 20.3 Å². The molecule has 2 N–H and O–H groups in total. The first kappa shape index (κ1) is 21.7. The fourth-order valence-electron chi connectivity index (χ4n) is 4.90. The summed E-state index contributed by atoms with van der Waals surface area (Å²) in [5.41, 5.74) is 3.51. The number of anilines is 2. The van der Waals surface area contributed by atoms with Gasteiger partial charge in [-0.05, 0) is 68.9 Å². The summed E-state index contributed by atoms with van der Waals surface area (Å²) < 4.78 is 6.58. The van der Waals surface area contributed by atoms with Crippen LogP contribution in [0.4, 0.5) is 11.4 Å². The Morgan fingerprint density at radius 3 is 2.67 bits per heavy atom. The molecule has 5 nitrogen and oxygen atoms in total. The molecule has 168 valence electrons.